The summed E-state index contributed by atoms with van der Waals surface area (Å²) in [5, 5.41) is 12.0. The third-order valence-electron chi connectivity index (χ3n) is 4.10. The molecule has 0 aromatic heterocycles. The Kier molecular flexibility index (Phi) is 5.61. The quantitative estimate of drug-likeness (QED) is 0.794. The first-order chi connectivity index (χ1) is 10.5. The van der Waals surface area contributed by atoms with E-state index in [1.807, 2.05) is 32.1 Å². The van der Waals surface area contributed by atoms with Crippen molar-refractivity contribution in [2.45, 2.75) is 39.7 Å². The van der Waals surface area contributed by atoms with Gasteiger partial charge >= 0.3 is 0 Å². The summed E-state index contributed by atoms with van der Waals surface area (Å²) in [6, 6.07) is 4.16. The molecular formula is C18H25NO3. The monoisotopic (exact) mass is 303 g/mol. The van der Waals surface area contributed by atoms with Crippen LogP contribution in [0.5, 0.6) is 5.75 Å². The van der Waals surface area contributed by atoms with E-state index in [2.05, 4.69) is 18.3 Å². The molecule has 0 aliphatic heterocycles. The van der Waals surface area contributed by atoms with Crippen molar-refractivity contribution in [3.05, 3.63) is 41.0 Å². The average molecular weight is 303 g/mol. The molecule has 1 aliphatic rings. The predicted molar refractivity (Wildman–Crippen MR) is 87.0 cm³/mol. The number of carbonyl (C=O) groups excluding carboxylic acids is 1. The van der Waals surface area contributed by atoms with Crippen molar-refractivity contribution in [1.29, 1.82) is 0 Å². The van der Waals surface area contributed by atoms with Crippen LogP contribution in [-0.4, -0.2) is 30.3 Å². The maximum Gasteiger partial charge on any atom is 0.223 e. The predicted octanol–water partition coefficient (Wildman–Crippen LogP) is 2.43. The van der Waals surface area contributed by atoms with Crippen molar-refractivity contribution in [1.82, 2.24) is 5.32 Å². The van der Waals surface area contributed by atoms with Crippen LogP contribution in [0.3, 0.4) is 0 Å². The van der Waals surface area contributed by atoms with E-state index in [9.17, 15) is 4.79 Å². The first kappa shape index (κ1) is 16.6. The van der Waals surface area contributed by atoms with Crippen LogP contribution in [0.15, 0.2) is 24.3 Å². The highest BCUT2D eigenvalue weighted by molar-refractivity contribution is 5.76. The van der Waals surface area contributed by atoms with E-state index in [4.69, 9.17) is 9.84 Å². The molecule has 2 N–H and O–H groups in total. The fourth-order valence-electron chi connectivity index (χ4n) is 2.70. The minimum atomic E-state index is -0.0183. The molecule has 22 heavy (non-hydrogen) atoms. The summed E-state index contributed by atoms with van der Waals surface area (Å²) in [5.41, 5.74) is 3.48. The maximum absolute atomic E-state index is 11.9. The average Bonchev–Trinajstić information content (AvgIpc) is 2.91. The van der Waals surface area contributed by atoms with Gasteiger partial charge in [-0.1, -0.05) is 18.2 Å². The number of benzene rings is 1. The van der Waals surface area contributed by atoms with E-state index < -0.39 is 0 Å². The lowest BCUT2D eigenvalue weighted by molar-refractivity contribution is -0.122. The van der Waals surface area contributed by atoms with Crippen LogP contribution in [0.4, 0.5) is 0 Å². The Hall–Kier alpha value is -1.81. The summed E-state index contributed by atoms with van der Waals surface area (Å²) in [6.45, 7) is 6.64. The van der Waals surface area contributed by atoms with Gasteiger partial charge in [0.1, 0.15) is 5.75 Å². The molecule has 1 amide bonds. The van der Waals surface area contributed by atoms with Gasteiger partial charge in [-0.25, -0.2) is 0 Å². The fraction of sp³-hybridized carbons (Fsp3) is 0.500. The van der Waals surface area contributed by atoms with Crippen molar-refractivity contribution in [2.75, 3.05) is 13.2 Å². The number of amides is 1. The molecule has 0 saturated carbocycles. The Morgan fingerprint density at radius 2 is 2.09 bits per heavy atom. The van der Waals surface area contributed by atoms with Crippen LogP contribution in [0.1, 0.15) is 29.5 Å². The summed E-state index contributed by atoms with van der Waals surface area (Å²) < 4.78 is 5.76. The number of aliphatic hydroxyl groups excluding tert-OH is 1. The zero-order valence-electron chi connectivity index (χ0n) is 13.6. The van der Waals surface area contributed by atoms with Crippen molar-refractivity contribution in [2.24, 2.45) is 5.92 Å². The van der Waals surface area contributed by atoms with Gasteiger partial charge in [0.25, 0.3) is 0 Å². The van der Waals surface area contributed by atoms with E-state index in [0.717, 1.165) is 23.3 Å². The SMILES string of the molecule is Cc1cc(C)c(C)c(OCCC(=O)N[C@@H]2C=C[C@H](CO)C2)c1. The topological polar surface area (TPSA) is 58.6 Å². The number of hydrogen-bond acceptors (Lipinski definition) is 3. The second kappa shape index (κ2) is 7.45. The largest absolute Gasteiger partial charge is 0.493 e. The Balaban J connectivity index is 1.77. The molecule has 1 aromatic carbocycles. The molecule has 0 spiro atoms. The highest BCUT2D eigenvalue weighted by Gasteiger charge is 2.19. The number of rotatable bonds is 6. The van der Waals surface area contributed by atoms with Gasteiger partial charge < -0.3 is 15.2 Å². The van der Waals surface area contributed by atoms with Crippen molar-refractivity contribution < 1.29 is 14.6 Å². The minimum Gasteiger partial charge on any atom is -0.493 e. The Morgan fingerprint density at radius 1 is 1.32 bits per heavy atom. The molecule has 1 aromatic rings. The summed E-state index contributed by atoms with van der Waals surface area (Å²) in [4.78, 5) is 11.9. The molecule has 2 atom stereocenters. The highest BCUT2D eigenvalue weighted by atomic mass is 16.5. The van der Waals surface area contributed by atoms with Gasteiger partial charge in [0, 0.05) is 18.6 Å². The van der Waals surface area contributed by atoms with Crippen LogP contribution < -0.4 is 10.1 Å². The molecule has 0 heterocycles. The molecular weight excluding hydrogens is 278 g/mol. The van der Waals surface area contributed by atoms with Crippen LogP contribution >= 0.6 is 0 Å². The minimum absolute atomic E-state index is 0.0183. The van der Waals surface area contributed by atoms with Crippen LogP contribution in [0.2, 0.25) is 0 Å². The molecule has 1 aliphatic carbocycles. The summed E-state index contributed by atoms with van der Waals surface area (Å²) in [5.74, 6) is 1.00. The smallest absolute Gasteiger partial charge is 0.223 e. The van der Waals surface area contributed by atoms with Crippen molar-refractivity contribution >= 4 is 5.91 Å². The molecule has 0 saturated heterocycles. The number of ether oxygens (including phenoxy) is 1. The number of aryl methyl sites for hydroxylation is 2. The molecule has 0 unspecified atom stereocenters. The Bertz CT molecular complexity index is 566. The summed E-state index contributed by atoms with van der Waals surface area (Å²) in [7, 11) is 0. The Labute approximate surface area is 132 Å². The first-order valence-corrected chi connectivity index (χ1v) is 7.78. The maximum atomic E-state index is 11.9. The molecule has 4 nitrogen and oxygen atoms in total. The second-order valence-electron chi connectivity index (χ2n) is 6.04. The molecule has 2 rings (SSSR count). The van der Waals surface area contributed by atoms with Gasteiger partial charge in [-0.2, -0.15) is 0 Å². The summed E-state index contributed by atoms with van der Waals surface area (Å²) >= 11 is 0. The molecule has 0 fully saturated rings. The van der Waals surface area contributed by atoms with Gasteiger partial charge in [-0.05, 0) is 49.9 Å². The lowest BCUT2D eigenvalue weighted by atomic mass is 10.1. The first-order valence-electron chi connectivity index (χ1n) is 7.78. The van der Waals surface area contributed by atoms with E-state index in [1.54, 1.807) is 0 Å². The standard InChI is InChI=1S/C18H25NO3/c1-12-8-13(2)14(3)17(9-12)22-7-6-18(21)19-16-5-4-15(10-16)11-20/h4-5,8-9,15-16,20H,6-7,10-11H2,1-3H3,(H,19,21)/t15-,16+/m0/s1. The zero-order valence-corrected chi connectivity index (χ0v) is 13.6. The molecule has 120 valence electrons. The number of carbonyl (C=O) groups is 1. The van der Waals surface area contributed by atoms with E-state index in [1.165, 1.54) is 5.56 Å². The number of hydrogen-bond donors (Lipinski definition) is 2. The lowest BCUT2D eigenvalue weighted by Gasteiger charge is -2.14. The van der Waals surface area contributed by atoms with E-state index >= 15 is 0 Å². The van der Waals surface area contributed by atoms with E-state index in [-0.39, 0.29) is 24.5 Å². The molecule has 0 radical (unpaired) electrons. The van der Waals surface area contributed by atoms with Gasteiger partial charge in [-0.15, -0.1) is 0 Å². The van der Waals surface area contributed by atoms with Crippen molar-refractivity contribution in [3.8, 4) is 5.75 Å². The van der Waals surface area contributed by atoms with Gasteiger partial charge in [0.15, 0.2) is 0 Å². The van der Waals surface area contributed by atoms with Gasteiger partial charge in [0.2, 0.25) is 5.91 Å². The lowest BCUT2D eigenvalue weighted by Crippen LogP contribution is -2.33. The third kappa shape index (κ3) is 4.34. The number of aliphatic hydroxyl groups is 1. The van der Waals surface area contributed by atoms with Gasteiger partial charge in [-0.3, -0.25) is 4.79 Å². The van der Waals surface area contributed by atoms with Crippen LogP contribution in [0.25, 0.3) is 0 Å². The van der Waals surface area contributed by atoms with Crippen molar-refractivity contribution in [3.63, 3.8) is 0 Å². The fourth-order valence-corrected chi connectivity index (χ4v) is 2.70. The molecule has 0 bridgehead atoms. The summed E-state index contributed by atoms with van der Waals surface area (Å²) in [6.07, 6.45) is 5.02. The molecule has 4 heteroatoms. The third-order valence-corrected chi connectivity index (χ3v) is 4.10. The van der Waals surface area contributed by atoms with E-state index in [0.29, 0.717) is 13.0 Å². The highest BCUT2D eigenvalue weighted by Crippen LogP contribution is 2.23. The normalized spacial score (nSPS) is 20.2. The number of nitrogens with one attached hydrogen (secondary N) is 1. The van der Waals surface area contributed by atoms with Gasteiger partial charge in [0.05, 0.1) is 13.0 Å². The second-order valence-corrected chi connectivity index (χ2v) is 6.04. The van der Waals surface area contributed by atoms with Crippen LogP contribution in [0, 0.1) is 26.7 Å². The zero-order chi connectivity index (χ0) is 16.1. The Morgan fingerprint density at radius 3 is 2.77 bits per heavy atom. The van der Waals surface area contributed by atoms with Crippen LogP contribution in [-0.2, 0) is 4.79 Å².